The number of nitrogens with two attached hydrogens (primary N) is 1. The van der Waals surface area contributed by atoms with E-state index in [0.717, 1.165) is 25.0 Å². The zero-order valence-electron chi connectivity index (χ0n) is 11.0. The number of aryl methyl sites for hydroxylation is 1. The zero-order chi connectivity index (χ0) is 13.8. The minimum atomic E-state index is -0.494. The normalized spacial score (nSPS) is 19.0. The van der Waals surface area contributed by atoms with Crippen LogP contribution in [-0.2, 0) is 11.2 Å². The molecule has 2 heterocycles. The molecule has 1 aliphatic heterocycles. The summed E-state index contributed by atoms with van der Waals surface area (Å²) in [5.41, 5.74) is 7.18. The zero-order valence-corrected chi connectivity index (χ0v) is 11.0. The van der Waals surface area contributed by atoms with Crippen LogP contribution in [0.5, 0.6) is 0 Å². The summed E-state index contributed by atoms with van der Waals surface area (Å²) >= 11 is 0. The maximum Gasteiger partial charge on any atom is 0.274 e. The predicted octanol–water partition coefficient (Wildman–Crippen LogP) is -0.0472. The largest absolute Gasteiger partial charge is 0.395 e. The van der Waals surface area contributed by atoms with Crippen LogP contribution in [0.15, 0.2) is 0 Å². The molecule has 0 saturated carbocycles. The standard InChI is InChI=1S/C12H19N5O2/c1-2-4-7-9(13)10(17-16-7)12(19)15-8-5-3-6-14-11(8)18/h8H,2-6,13H2,1H3,(H,14,18)(H,15,19)(H,16,17). The van der Waals surface area contributed by atoms with Crippen molar-refractivity contribution in [3.63, 3.8) is 0 Å². The van der Waals surface area contributed by atoms with Gasteiger partial charge in [0.2, 0.25) is 5.91 Å². The van der Waals surface area contributed by atoms with E-state index < -0.39 is 11.9 Å². The molecular formula is C12H19N5O2. The van der Waals surface area contributed by atoms with Gasteiger partial charge in [0.25, 0.3) is 5.91 Å². The number of carbonyl (C=O) groups is 2. The topological polar surface area (TPSA) is 113 Å². The van der Waals surface area contributed by atoms with Crippen molar-refractivity contribution in [1.82, 2.24) is 20.8 Å². The molecule has 5 N–H and O–H groups in total. The fourth-order valence-corrected chi connectivity index (χ4v) is 2.14. The van der Waals surface area contributed by atoms with Gasteiger partial charge in [-0.25, -0.2) is 0 Å². The molecule has 0 bridgehead atoms. The molecule has 0 aliphatic carbocycles. The van der Waals surface area contributed by atoms with E-state index in [0.29, 0.717) is 18.7 Å². The lowest BCUT2D eigenvalue weighted by Gasteiger charge is -2.22. The Morgan fingerprint density at radius 1 is 1.58 bits per heavy atom. The summed E-state index contributed by atoms with van der Waals surface area (Å²) < 4.78 is 0. The van der Waals surface area contributed by atoms with Crippen molar-refractivity contribution in [3.05, 3.63) is 11.4 Å². The minimum Gasteiger partial charge on any atom is -0.395 e. The van der Waals surface area contributed by atoms with Crippen molar-refractivity contribution < 1.29 is 9.59 Å². The van der Waals surface area contributed by atoms with Gasteiger partial charge in [0.15, 0.2) is 5.69 Å². The van der Waals surface area contributed by atoms with Crippen molar-refractivity contribution in [1.29, 1.82) is 0 Å². The van der Waals surface area contributed by atoms with Gasteiger partial charge in [-0.2, -0.15) is 5.10 Å². The molecule has 0 spiro atoms. The summed E-state index contributed by atoms with van der Waals surface area (Å²) in [6.07, 6.45) is 3.16. The van der Waals surface area contributed by atoms with Crippen molar-refractivity contribution in [3.8, 4) is 0 Å². The first-order valence-corrected chi connectivity index (χ1v) is 6.54. The van der Waals surface area contributed by atoms with Crippen LogP contribution in [0, 0.1) is 0 Å². The highest BCUT2D eigenvalue weighted by Gasteiger charge is 2.26. The Hall–Kier alpha value is -2.05. The number of carbonyl (C=O) groups excluding carboxylic acids is 2. The van der Waals surface area contributed by atoms with Crippen LogP contribution in [0.1, 0.15) is 42.4 Å². The van der Waals surface area contributed by atoms with Crippen LogP contribution in [-0.4, -0.2) is 34.6 Å². The first kappa shape index (κ1) is 13.4. The van der Waals surface area contributed by atoms with Gasteiger partial charge in [-0.1, -0.05) is 13.3 Å². The van der Waals surface area contributed by atoms with Crippen molar-refractivity contribution in [2.45, 2.75) is 38.6 Å². The number of nitrogen functional groups attached to an aromatic ring is 1. The number of hydrogen-bond donors (Lipinski definition) is 4. The van der Waals surface area contributed by atoms with Gasteiger partial charge in [0.1, 0.15) is 6.04 Å². The molecule has 1 aliphatic rings. The number of aromatic amines is 1. The molecule has 1 unspecified atom stereocenters. The third kappa shape index (κ3) is 2.86. The summed E-state index contributed by atoms with van der Waals surface area (Å²) in [6, 6.07) is -0.494. The highest BCUT2D eigenvalue weighted by molar-refractivity contribution is 6.00. The van der Waals surface area contributed by atoms with Crippen molar-refractivity contribution >= 4 is 17.5 Å². The van der Waals surface area contributed by atoms with Gasteiger partial charge in [-0.05, 0) is 19.3 Å². The molecule has 1 aromatic rings. The Labute approximate surface area is 111 Å². The van der Waals surface area contributed by atoms with Gasteiger partial charge in [-0.3, -0.25) is 14.7 Å². The number of anilines is 1. The number of amides is 2. The quantitative estimate of drug-likeness (QED) is 0.611. The van der Waals surface area contributed by atoms with E-state index in [1.165, 1.54) is 0 Å². The monoisotopic (exact) mass is 265 g/mol. The molecule has 1 saturated heterocycles. The Morgan fingerprint density at radius 2 is 2.37 bits per heavy atom. The van der Waals surface area contributed by atoms with Crippen molar-refractivity contribution in [2.75, 3.05) is 12.3 Å². The summed E-state index contributed by atoms with van der Waals surface area (Å²) in [5, 5.41) is 12.1. The molecule has 1 atom stereocenters. The molecule has 7 nitrogen and oxygen atoms in total. The van der Waals surface area contributed by atoms with Gasteiger partial charge >= 0.3 is 0 Å². The minimum absolute atomic E-state index is 0.150. The molecule has 0 aromatic carbocycles. The number of nitrogens with zero attached hydrogens (tertiary/aromatic N) is 1. The first-order chi connectivity index (χ1) is 9.13. The summed E-state index contributed by atoms with van der Waals surface area (Å²) in [5.74, 6) is -0.555. The van der Waals surface area contributed by atoms with E-state index in [2.05, 4.69) is 20.8 Å². The first-order valence-electron chi connectivity index (χ1n) is 6.54. The molecular weight excluding hydrogens is 246 g/mol. The maximum absolute atomic E-state index is 12.0. The van der Waals surface area contributed by atoms with Gasteiger partial charge in [0.05, 0.1) is 11.4 Å². The smallest absolute Gasteiger partial charge is 0.274 e. The third-order valence-electron chi connectivity index (χ3n) is 3.19. The van der Waals surface area contributed by atoms with E-state index in [4.69, 9.17) is 5.73 Å². The Balaban J connectivity index is 2.05. The average molecular weight is 265 g/mol. The summed E-state index contributed by atoms with van der Waals surface area (Å²) in [6.45, 7) is 2.68. The molecule has 2 rings (SSSR count). The summed E-state index contributed by atoms with van der Waals surface area (Å²) in [4.78, 5) is 23.6. The lowest BCUT2D eigenvalue weighted by Crippen LogP contribution is -2.50. The summed E-state index contributed by atoms with van der Waals surface area (Å²) in [7, 11) is 0. The Kier molecular flexibility index (Phi) is 4.03. The van der Waals surface area contributed by atoms with Crippen LogP contribution in [0.25, 0.3) is 0 Å². The molecule has 7 heteroatoms. The second-order valence-electron chi connectivity index (χ2n) is 4.67. The van der Waals surface area contributed by atoms with Crippen LogP contribution in [0.3, 0.4) is 0 Å². The molecule has 2 amide bonds. The second kappa shape index (κ2) is 5.73. The van der Waals surface area contributed by atoms with E-state index in [1.54, 1.807) is 0 Å². The van der Waals surface area contributed by atoms with Crippen LogP contribution in [0.4, 0.5) is 5.69 Å². The van der Waals surface area contributed by atoms with Gasteiger partial charge in [-0.15, -0.1) is 0 Å². The Bertz CT molecular complexity index is 482. The number of rotatable bonds is 4. The van der Waals surface area contributed by atoms with Gasteiger partial charge in [0, 0.05) is 6.54 Å². The number of H-pyrrole nitrogens is 1. The highest BCUT2D eigenvalue weighted by atomic mass is 16.2. The van der Waals surface area contributed by atoms with E-state index in [-0.39, 0.29) is 11.6 Å². The van der Waals surface area contributed by atoms with E-state index >= 15 is 0 Å². The molecule has 1 fully saturated rings. The third-order valence-corrected chi connectivity index (χ3v) is 3.19. The van der Waals surface area contributed by atoms with Crippen LogP contribution in [0.2, 0.25) is 0 Å². The highest BCUT2D eigenvalue weighted by Crippen LogP contribution is 2.16. The number of piperidine rings is 1. The maximum atomic E-state index is 12.0. The molecule has 1 aromatic heterocycles. The lowest BCUT2D eigenvalue weighted by molar-refractivity contribution is -0.124. The van der Waals surface area contributed by atoms with E-state index in [1.807, 2.05) is 6.92 Å². The van der Waals surface area contributed by atoms with Crippen LogP contribution >= 0.6 is 0 Å². The molecule has 104 valence electrons. The number of nitrogens with one attached hydrogen (secondary N) is 3. The van der Waals surface area contributed by atoms with E-state index in [9.17, 15) is 9.59 Å². The predicted molar refractivity (Wildman–Crippen MR) is 70.5 cm³/mol. The number of aromatic nitrogens is 2. The van der Waals surface area contributed by atoms with Crippen molar-refractivity contribution in [2.24, 2.45) is 0 Å². The van der Waals surface area contributed by atoms with Crippen LogP contribution < -0.4 is 16.4 Å². The average Bonchev–Trinajstić information content (AvgIpc) is 2.75. The number of hydrogen-bond acceptors (Lipinski definition) is 4. The van der Waals surface area contributed by atoms with Gasteiger partial charge < -0.3 is 16.4 Å². The Morgan fingerprint density at radius 3 is 3.05 bits per heavy atom. The molecule has 0 radical (unpaired) electrons. The molecule has 19 heavy (non-hydrogen) atoms. The lowest BCUT2D eigenvalue weighted by atomic mass is 10.1. The second-order valence-corrected chi connectivity index (χ2v) is 4.67. The fourth-order valence-electron chi connectivity index (χ4n) is 2.14. The fraction of sp³-hybridized carbons (Fsp3) is 0.583. The SMILES string of the molecule is CCCc1[nH]nc(C(=O)NC2CCCNC2=O)c1N.